The summed E-state index contributed by atoms with van der Waals surface area (Å²) < 4.78 is 53.7. The summed E-state index contributed by atoms with van der Waals surface area (Å²) in [5.41, 5.74) is -0.159. The molecule has 0 amide bonds. The van der Waals surface area contributed by atoms with Gasteiger partial charge in [-0.1, -0.05) is 0 Å². The monoisotopic (exact) mass is 306 g/mol. The number of benzene rings is 1. The van der Waals surface area contributed by atoms with Gasteiger partial charge in [0.25, 0.3) is 0 Å². The third-order valence-electron chi connectivity index (χ3n) is 3.19. The highest BCUT2D eigenvalue weighted by atomic mass is 32.2. The third-order valence-corrected chi connectivity index (χ3v) is 4.69. The van der Waals surface area contributed by atoms with E-state index in [2.05, 4.69) is 4.72 Å². The molecule has 1 aliphatic heterocycles. The van der Waals surface area contributed by atoms with Gasteiger partial charge in [-0.15, -0.1) is 0 Å². The molecule has 1 aromatic carbocycles. The predicted octanol–water partition coefficient (Wildman–Crippen LogP) is 1.33. The Kier molecular flexibility index (Phi) is 4.56. The summed E-state index contributed by atoms with van der Waals surface area (Å²) in [6.07, 6.45) is 1.40. The van der Waals surface area contributed by atoms with E-state index in [0.29, 0.717) is 19.0 Å². The van der Waals surface area contributed by atoms with E-state index in [1.165, 1.54) is 4.31 Å². The first-order chi connectivity index (χ1) is 9.40. The fourth-order valence-corrected chi connectivity index (χ4v) is 3.54. The molecule has 0 aromatic heterocycles. The largest absolute Gasteiger partial charge is 0.396 e. The molecule has 8 heteroatoms. The SMILES string of the molecule is O=S(=O)(Nc1cc(F)cc(F)c1)N1CCCC(CO)C1. The second-order valence-corrected chi connectivity index (χ2v) is 6.48. The van der Waals surface area contributed by atoms with Gasteiger partial charge >= 0.3 is 10.2 Å². The van der Waals surface area contributed by atoms with Crippen molar-refractivity contribution in [1.29, 1.82) is 0 Å². The van der Waals surface area contributed by atoms with Crippen LogP contribution in [0.4, 0.5) is 14.5 Å². The van der Waals surface area contributed by atoms with Crippen LogP contribution in [0.1, 0.15) is 12.8 Å². The first-order valence-corrected chi connectivity index (χ1v) is 7.69. The topological polar surface area (TPSA) is 69.6 Å². The summed E-state index contributed by atoms with van der Waals surface area (Å²) >= 11 is 0. The number of hydrogen-bond donors (Lipinski definition) is 2. The zero-order valence-corrected chi connectivity index (χ0v) is 11.5. The number of halogens is 2. The fraction of sp³-hybridized carbons (Fsp3) is 0.500. The molecule has 2 N–H and O–H groups in total. The molecule has 2 rings (SSSR count). The summed E-state index contributed by atoms with van der Waals surface area (Å²) in [5, 5.41) is 9.10. The number of aliphatic hydroxyl groups excluding tert-OH is 1. The Morgan fingerprint density at radius 1 is 1.30 bits per heavy atom. The highest BCUT2D eigenvalue weighted by molar-refractivity contribution is 7.90. The standard InChI is InChI=1S/C12H16F2N2O3S/c13-10-4-11(14)6-12(5-10)15-20(18,19)16-3-1-2-9(7-16)8-17/h4-6,9,15,17H,1-3,7-8H2. The molecule has 0 bridgehead atoms. The molecule has 0 saturated carbocycles. The van der Waals surface area contributed by atoms with Crippen LogP contribution in [0, 0.1) is 17.6 Å². The van der Waals surface area contributed by atoms with E-state index in [1.54, 1.807) is 0 Å². The molecule has 1 aliphatic rings. The molecular formula is C12H16F2N2O3S. The highest BCUT2D eigenvalue weighted by Gasteiger charge is 2.28. The van der Waals surface area contributed by atoms with Crippen molar-refractivity contribution in [2.45, 2.75) is 12.8 Å². The van der Waals surface area contributed by atoms with Crippen LogP contribution in [-0.4, -0.2) is 37.5 Å². The zero-order chi connectivity index (χ0) is 14.8. The van der Waals surface area contributed by atoms with Crippen molar-refractivity contribution in [3.8, 4) is 0 Å². The van der Waals surface area contributed by atoms with Crippen molar-refractivity contribution in [2.24, 2.45) is 5.92 Å². The van der Waals surface area contributed by atoms with E-state index in [4.69, 9.17) is 5.11 Å². The van der Waals surface area contributed by atoms with Gasteiger partial charge < -0.3 is 5.11 Å². The van der Waals surface area contributed by atoms with Crippen LogP contribution in [0.15, 0.2) is 18.2 Å². The lowest BCUT2D eigenvalue weighted by Crippen LogP contribution is -2.43. The summed E-state index contributed by atoms with van der Waals surface area (Å²) in [4.78, 5) is 0. The van der Waals surface area contributed by atoms with Gasteiger partial charge in [0.15, 0.2) is 0 Å². The number of anilines is 1. The minimum Gasteiger partial charge on any atom is -0.396 e. The lowest BCUT2D eigenvalue weighted by molar-refractivity contribution is 0.166. The number of nitrogens with one attached hydrogen (secondary N) is 1. The lowest BCUT2D eigenvalue weighted by Gasteiger charge is -2.31. The van der Waals surface area contributed by atoms with Crippen molar-refractivity contribution in [3.63, 3.8) is 0 Å². The molecule has 5 nitrogen and oxygen atoms in total. The van der Waals surface area contributed by atoms with Crippen LogP contribution in [0.2, 0.25) is 0 Å². The number of rotatable bonds is 4. The van der Waals surface area contributed by atoms with Crippen LogP contribution < -0.4 is 4.72 Å². The Balaban J connectivity index is 2.14. The van der Waals surface area contributed by atoms with E-state index < -0.39 is 21.8 Å². The highest BCUT2D eigenvalue weighted by Crippen LogP contribution is 2.21. The molecule has 0 aliphatic carbocycles. The van der Waals surface area contributed by atoms with Crippen molar-refractivity contribution >= 4 is 15.9 Å². The molecule has 1 saturated heterocycles. The van der Waals surface area contributed by atoms with E-state index >= 15 is 0 Å². The first-order valence-electron chi connectivity index (χ1n) is 6.25. The summed E-state index contributed by atoms with van der Waals surface area (Å²) in [6, 6.07) is 2.49. The third kappa shape index (κ3) is 3.65. The normalized spacial score (nSPS) is 20.9. The molecule has 0 spiro atoms. The maximum atomic E-state index is 13.0. The molecule has 20 heavy (non-hydrogen) atoms. The van der Waals surface area contributed by atoms with Gasteiger partial charge in [0.05, 0.1) is 5.69 Å². The van der Waals surface area contributed by atoms with Crippen LogP contribution in [0.25, 0.3) is 0 Å². The number of piperidine rings is 1. The maximum Gasteiger partial charge on any atom is 0.301 e. The van der Waals surface area contributed by atoms with Gasteiger partial charge in [0, 0.05) is 25.8 Å². The van der Waals surface area contributed by atoms with Gasteiger partial charge in [-0.2, -0.15) is 12.7 Å². The average Bonchev–Trinajstić information content (AvgIpc) is 2.37. The zero-order valence-electron chi connectivity index (χ0n) is 10.7. The number of nitrogens with zero attached hydrogens (tertiary/aromatic N) is 1. The predicted molar refractivity (Wildman–Crippen MR) is 70.3 cm³/mol. The van der Waals surface area contributed by atoms with Gasteiger partial charge in [-0.3, -0.25) is 4.72 Å². The Hall–Kier alpha value is -1.25. The first kappa shape index (κ1) is 15.1. The Bertz CT molecular complexity index is 560. The van der Waals surface area contributed by atoms with Crippen LogP contribution in [0.5, 0.6) is 0 Å². The van der Waals surface area contributed by atoms with E-state index in [-0.39, 0.29) is 24.8 Å². The number of hydrogen-bond acceptors (Lipinski definition) is 3. The second-order valence-electron chi connectivity index (χ2n) is 4.81. The maximum absolute atomic E-state index is 13.0. The molecule has 1 atom stereocenters. The summed E-state index contributed by atoms with van der Waals surface area (Å²) in [6.45, 7) is 0.438. The van der Waals surface area contributed by atoms with Crippen molar-refractivity contribution in [2.75, 3.05) is 24.4 Å². The van der Waals surface area contributed by atoms with Crippen LogP contribution >= 0.6 is 0 Å². The summed E-state index contributed by atoms with van der Waals surface area (Å²) in [5.74, 6) is -1.81. The molecular weight excluding hydrogens is 290 g/mol. The van der Waals surface area contributed by atoms with Gasteiger partial charge in [-0.05, 0) is 30.9 Å². The van der Waals surface area contributed by atoms with Gasteiger partial charge in [0.2, 0.25) is 0 Å². The van der Waals surface area contributed by atoms with E-state index in [1.807, 2.05) is 0 Å². The Labute approximate surface area is 116 Å². The van der Waals surface area contributed by atoms with Crippen molar-refractivity contribution < 1.29 is 22.3 Å². The second kappa shape index (κ2) is 6.02. The molecule has 1 aromatic rings. The average molecular weight is 306 g/mol. The number of aliphatic hydroxyl groups is 1. The molecule has 1 unspecified atom stereocenters. The lowest BCUT2D eigenvalue weighted by atomic mass is 10.0. The van der Waals surface area contributed by atoms with Gasteiger partial charge in [0.1, 0.15) is 11.6 Å². The Morgan fingerprint density at radius 2 is 1.95 bits per heavy atom. The van der Waals surface area contributed by atoms with Gasteiger partial charge in [-0.25, -0.2) is 8.78 Å². The van der Waals surface area contributed by atoms with Crippen molar-refractivity contribution in [1.82, 2.24) is 4.31 Å². The molecule has 0 radical (unpaired) electrons. The van der Waals surface area contributed by atoms with E-state index in [0.717, 1.165) is 18.6 Å². The Morgan fingerprint density at radius 3 is 2.55 bits per heavy atom. The van der Waals surface area contributed by atoms with Crippen LogP contribution in [-0.2, 0) is 10.2 Å². The minimum absolute atomic E-state index is 0.0827. The molecule has 112 valence electrons. The quantitative estimate of drug-likeness (QED) is 0.881. The molecule has 1 fully saturated rings. The smallest absolute Gasteiger partial charge is 0.301 e. The summed E-state index contributed by atoms with van der Waals surface area (Å²) in [7, 11) is -3.87. The van der Waals surface area contributed by atoms with Crippen LogP contribution in [0.3, 0.4) is 0 Å². The van der Waals surface area contributed by atoms with Crippen molar-refractivity contribution in [3.05, 3.63) is 29.8 Å². The molecule has 1 heterocycles. The van der Waals surface area contributed by atoms with E-state index in [9.17, 15) is 17.2 Å². The minimum atomic E-state index is -3.87. The fourth-order valence-electron chi connectivity index (χ4n) is 2.22.